The zero-order valence-corrected chi connectivity index (χ0v) is 22.1. The predicted octanol–water partition coefficient (Wildman–Crippen LogP) is 5.57. The summed E-state index contributed by atoms with van der Waals surface area (Å²) in [5.74, 6) is -2.14. The summed E-state index contributed by atoms with van der Waals surface area (Å²) in [7, 11) is 0. The Morgan fingerprint density at radius 1 is 1.00 bits per heavy atom. The zero-order valence-electron chi connectivity index (χ0n) is 18.2. The van der Waals surface area contributed by atoms with Gasteiger partial charge in [0.15, 0.2) is 0 Å². The quantitative estimate of drug-likeness (QED) is 0.357. The van der Waals surface area contributed by atoms with Crippen LogP contribution in [0.15, 0.2) is 71.2 Å². The fraction of sp³-hybridized carbons (Fsp3) is 0.0833. The Morgan fingerprint density at radius 2 is 1.61 bits per heavy atom. The molecule has 36 heavy (non-hydrogen) atoms. The molecule has 184 valence electrons. The first kappa shape index (κ1) is 26.0. The molecule has 3 aromatic carbocycles. The van der Waals surface area contributed by atoms with Crippen molar-refractivity contribution in [3.05, 3.63) is 92.6 Å². The van der Waals surface area contributed by atoms with Gasteiger partial charge in [-0.1, -0.05) is 39.1 Å². The molecule has 1 atom stereocenters. The second-order valence-electron chi connectivity index (χ2n) is 7.68. The summed E-state index contributed by atoms with van der Waals surface area (Å²) >= 11 is 20.8. The molecule has 1 saturated heterocycles. The Balaban J connectivity index is 1.60. The van der Waals surface area contributed by atoms with Gasteiger partial charge in [-0.05, 0) is 78.9 Å². The molecule has 0 aliphatic carbocycles. The van der Waals surface area contributed by atoms with Crippen LogP contribution in [0.3, 0.4) is 0 Å². The molecular weight excluding hydrogens is 594 g/mol. The normalized spacial score (nSPS) is 15.3. The summed E-state index contributed by atoms with van der Waals surface area (Å²) in [6.07, 6.45) is -0.360. The number of nitrogens with one attached hydrogen (secondary N) is 2. The van der Waals surface area contributed by atoms with Crippen molar-refractivity contribution in [2.75, 3.05) is 10.2 Å². The number of halogens is 4. The van der Waals surface area contributed by atoms with E-state index in [1.807, 2.05) is 0 Å². The molecule has 3 amide bonds. The predicted molar refractivity (Wildman–Crippen MR) is 143 cm³/mol. The molecule has 0 spiro atoms. The van der Waals surface area contributed by atoms with E-state index in [0.717, 1.165) is 14.4 Å². The second-order valence-corrected chi connectivity index (χ2v) is 9.83. The average molecular weight is 610 g/mol. The number of carbonyl (C=O) groups excluding carboxylic acids is 3. The van der Waals surface area contributed by atoms with Crippen LogP contribution in [-0.4, -0.2) is 33.9 Å². The molecule has 1 heterocycles. The molecule has 1 fully saturated rings. The van der Waals surface area contributed by atoms with E-state index in [1.165, 1.54) is 42.5 Å². The maximum absolute atomic E-state index is 13.5. The Morgan fingerprint density at radius 3 is 2.22 bits per heavy atom. The number of amides is 3. The molecule has 3 aromatic rings. The number of thiocarbonyl (C=S) groups is 1. The molecule has 2 N–H and O–H groups in total. The summed E-state index contributed by atoms with van der Waals surface area (Å²) in [6.45, 7) is 0. The molecule has 1 aliphatic rings. The summed E-state index contributed by atoms with van der Waals surface area (Å²) < 4.78 is 14.2. The van der Waals surface area contributed by atoms with E-state index in [-0.39, 0.29) is 11.5 Å². The van der Waals surface area contributed by atoms with E-state index in [1.54, 1.807) is 24.3 Å². The van der Waals surface area contributed by atoms with Crippen molar-refractivity contribution in [3.63, 3.8) is 0 Å². The number of rotatable bonds is 6. The average Bonchev–Trinajstić information content (AvgIpc) is 3.03. The molecule has 7 nitrogen and oxygen atoms in total. The van der Waals surface area contributed by atoms with Crippen LogP contribution in [-0.2, 0) is 9.59 Å². The van der Waals surface area contributed by atoms with Crippen LogP contribution < -0.4 is 15.6 Å². The Labute approximate surface area is 229 Å². The van der Waals surface area contributed by atoms with Crippen molar-refractivity contribution < 1.29 is 18.8 Å². The SMILES string of the molecule is O=C(CC1C(=O)N(c2ccc(F)cc2)C(=S)N1NC(=O)c1ccc(Br)cc1)Nc1cc(Cl)cc(Cl)c1. The van der Waals surface area contributed by atoms with Crippen molar-refractivity contribution >= 4 is 85.6 Å². The lowest BCUT2D eigenvalue weighted by molar-refractivity contribution is -0.124. The maximum Gasteiger partial charge on any atom is 0.269 e. The molecule has 4 rings (SSSR count). The molecule has 0 bridgehead atoms. The van der Waals surface area contributed by atoms with Crippen LogP contribution in [0.4, 0.5) is 15.8 Å². The van der Waals surface area contributed by atoms with Gasteiger partial charge in [-0.15, -0.1) is 0 Å². The van der Waals surface area contributed by atoms with Gasteiger partial charge < -0.3 is 5.32 Å². The summed E-state index contributed by atoms with van der Waals surface area (Å²) in [6, 6.07) is 15.0. The van der Waals surface area contributed by atoms with Crippen LogP contribution >= 0.6 is 51.3 Å². The van der Waals surface area contributed by atoms with Gasteiger partial charge in [-0.2, -0.15) is 0 Å². The lowest BCUT2D eigenvalue weighted by atomic mass is 10.1. The monoisotopic (exact) mass is 608 g/mol. The minimum atomic E-state index is -1.17. The Hall–Kier alpha value is -3.05. The highest BCUT2D eigenvalue weighted by Crippen LogP contribution is 2.28. The van der Waals surface area contributed by atoms with Gasteiger partial charge in [0, 0.05) is 25.8 Å². The standard InChI is InChI=1S/C24H16BrCl2FN4O3S/c25-14-3-1-13(2-4-14)22(34)30-32-20(12-21(33)29-18-10-15(26)9-16(27)11-18)23(35)31(24(32)36)19-7-5-17(28)6-8-19/h1-11,20H,12H2,(H,29,33)(H,30,34). The highest BCUT2D eigenvalue weighted by molar-refractivity contribution is 9.10. The molecule has 0 aromatic heterocycles. The Kier molecular flexibility index (Phi) is 7.89. The van der Waals surface area contributed by atoms with Gasteiger partial charge in [0.05, 0.1) is 12.1 Å². The smallest absolute Gasteiger partial charge is 0.269 e. The number of hydrazine groups is 1. The van der Waals surface area contributed by atoms with Gasteiger partial charge in [-0.25, -0.2) is 9.40 Å². The maximum atomic E-state index is 13.5. The third-order valence-electron chi connectivity index (χ3n) is 5.15. The van der Waals surface area contributed by atoms with Crippen molar-refractivity contribution in [2.24, 2.45) is 0 Å². The summed E-state index contributed by atoms with van der Waals surface area (Å²) in [4.78, 5) is 40.3. The number of carbonyl (C=O) groups is 3. The van der Waals surface area contributed by atoms with Crippen LogP contribution in [0.5, 0.6) is 0 Å². The third-order valence-corrected chi connectivity index (χ3v) is 6.50. The fourth-order valence-electron chi connectivity index (χ4n) is 3.52. The number of benzene rings is 3. The van der Waals surface area contributed by atoms with Crippen molar-refractivity contribution in [1.82, 2.24) is 10.4 Å². The summed E-state index contributed by atoms with van der Waals surface area (Å²) in [5, 5.41) is 4.38. The van der Waals surface area contributed by atoms with E-state index in [0.29, 0.717) is 27.0 Å². The molecule has 0 radical (unpaired) electrons. The lowest BCUT2D eigenvalue weighted by Crippen LogP contribution is -2.49. The molecular formula is C24H16BrCl2FN4O3S. The van der Waals surface area contributed by atoms with Gasteiger partial charge in [0.2, 0.25) is 11.0 Å². The van der Waals surface area contributed by atoms with Gasteiger partial charge in [0.1, 0.15) is 11.9 Å². The first-order valence-corrected chi connectivity index (χ1v) is 12.3. The van der Waals surface area contributed by atoms with E-state index in [2.05, 4.69) is 26.7 Å². The van der Waals surface area contributed by atoms with E-state index in [9.17, 15) is 18.8 Å². The van der Waals surface area contributed by atoms with Gasteiger partial charge in [0.25, 0.3) is 11.8 Å². The first-order valence-electron chi connectivity index (χ1n) is 10.4. The van der Waals surface area contributed by atoms with Crippen LogP contribution in [0.1, 0.15) is 16.8 Å². The third kappa shape index (κ3) is 5.84. The molecule has 1 unspecified atom stereocenters. The minimum absolute atomic E-state index is 0.0688. The fourth-order valence-corrected chi connectivity index (χ4v) is 4.67. The van der Waals surface area contributed by atoms with Gasteiger partial charge in [-0.3, -0.25) is 24.7 Å². The van der Waals surface area contributed by atoms with Gasteiger partial charge >= 0.3 is 0 Å². The van der Waals surface area contributed by atoms with Crippen molar-refractivity contribution in [2.45, 2.75) is 12.5 Å². The zero-order chi connectivity index (χ0) is 26.0. The topological polar surface area (TPSA) is 81.8 Å². The highest BCUT2D eigenvalue weighted by atomic mass is 79.9. The number of nitrogens with zero attached hydrogens (tertiary/aromatic N) is 2. The first-order chi connectivity index (χ1) is 17.1. The van der Waals surface area contributed by atoms with Crippen LogP contribution in [0.2, 0.25) is 10.0 Å². The largest absolute Gasteiger partial charge is 0.326 e. The molecule has 12 heteroatoms. The Bertz CT molecular complexity index is 1340. The van der Waals surface area contributed by atoms with E-state index in [4.69, 9.17) is 35.4 Å². The minimum Gasteiger partial charge on any atom is -0.326 e. The lowest BCUT2D eigenvalue weighted by Gasteiger charge is -2.24. The van der Waals surface area contributed by atoms with Crippen molar-refractivity contribution in [3.8, 4) is 0 Å². The van der Waals surface area contributed by atoms with Crippen molar-refractivity contribution in [1.29, 1.82) is 0 Å². The molecule has 1 aliphatic heterocycles. The second kappa shape index (κ2) is 10.9. The highest BCUT2D eigenvalue weighted by Gasteiger charge is 2.45. The number of hydrogen-bond acceptors (Lipinski definition) is 4. The number of hydrogen-bond donors (Lipinski definition) is 2. The molecule has 0 saturated carbocycles. The van der Waals surface area contributed by atoms with Crippen LogP contribution in [0.25, 0.3) is 0 Å². The van der Waals surface area contributed by atoms with Crippen LogP contribution in [0, 0.1) is 5.82 Å². The van der Waals surface area contributed by atoms with E-state index < -0.39 is 29.6 Å². The van der Waals surface area contributed by atoms with E-state index >= 15 is 0 Å². The summed E-state index contributed by atoms with van der Waals surface area (Å²) in [5.41, 5.74) is 3.56. The number of anilines is 2.